The van der Waals surface area contributed by atoms with E-state index in [1.54, 1.807) is 6.07 Å². The van der Waals surface area contributed by atoms with E-state index in [9.17, 15) is 9.59 Å². The maximum atomic E-state index is 11.6. The highest BCUT2D eigenvalue weighted by atomic mass is 16.1. The first-order valence-corrected chi connectivity index (χ1v) is 4.40. The van der Waals surface area contributed by atoms with Gasteiger partial charge in [-0.1, -0.05) is 24.3 Å². The van der Waals surface area contributed by atoms with Crippen LogP contribution >= 0.6 is 0 Å². The van der Waals surface area contributed by atoms with Crippen LogP contribution in [0.2, 0.25) is 0 Å². The summed E-state index contributed by atoms with van der Waals surface area (Å²) < 4.78 is 0. The third-order valence-corrected chi connectivity index (χ3v) is 2.51. The van der Waals surface area contributed by atoms with Gasteiger partial charge in [-0.15, -0.1) is 0 Å². The zero-order chi connectivity index (χ0) is 9.26. The van der Waals surface area contributed by atoms with Crippen molar-refractivity contribution in [3.05, 3.63) is 35.4 Å². The lowest BCUT2D eigenvalue weighted by molar-refractivity contribution is -0.110. The van der Waals surface area contributed by atoms with Crippen molar-refractivity contribution in [3.63, 3.8) is 0 Å². The molecular formula is C11H10O2. The Labute approximate surface area is 76.6 Å². The predicted molar refractivity (Wildman–Crippen MR) is 48.6 cm³/mol. The highest BCUT2D eigenvalue weighted by Gasteiger charge is 2.25. The van der Waals surface area contributed by atoms with Crippen molar-refractivity contribution >= 4 is 12.1 Å². The first-order chi connectivity index (χ1) is 6.33. The van der Waals surface area contributed by atoms with Gasteiger partial charge < -0.3 is 4.79 Å². The predicted octanol–water partition coefficient (Wildman–Crippen LogP) is 1.63. The van der Waals surface area contributed by atoms with Gasteiger partial charge in [0.25, 0.3) is 0 Å². The van der Waals surface area contributed by atoms with Gasteiger partial charge >= 0.3 is 0 Å². The van der Waals surface area contributed by atoms with Crippen LogP contribution in [-0.2, 0) is 11.2 Å². The summed E-state index contributed by atoms with van der Waals surface area (Å²) in [4.78, 5) is 22.2. The Bertz CT molecular complexity index is 355. The van der Waals surface area contributed by atoms with Crippen LogP contribution in [-0.4, -0.2) is 12.1 Å². The number of hydrogen-bond donors (Lipinski definition) is 0. The molecule has 1 atom stereocenters. The van der Waals surface area contributed by atoms with Crippen LogP contribution in [0.3, 0.4) is 0 Å². The summed E-state index contributed by atoms with van der Waals surface area (Å²) in [6.45, 7) is 0. The number of carbonyl (C=O) groups excluding carboxylic acids is 2. The summed E-state index contributed by atoms with van der Waals surface area (Å²) in [7, 11) is 0. The van der Waals surface area contributed by atoms with E-state index in [4.69, 9.17) is 0 Å². The molecular weight excluding hydrogens is 164 g/mol. The van der Waals surface area contributed by atoms with Gasteiger partial charge in [0.2, 0.25) is 0 Å². The molecule has 0 heterocycles. The second-order valence-corrected chi connectivity index (χ2v) is 3.30. The van der Waals surface area contributed by atoms with Gasteiger partial charge in [0.1, 0.15) is 6.29 Å². The van der Waals surface area contributed by atoms with Gasteiger partial charge in [0.15, 0.2) is 5.78 Å². The maximum absolute atomic E-state index is 11.6. The number of carbonyl (C=O) groups is 2. The van der Waals surface area contributed by atoms with Crippen LogP contribution in [0.1, 0.15) is 22.3 Å². The topological polar surface area (TPSA) is 34.1 Å². The van der Waals surface area contributed by atoms with Crippen molar-refractivity contribution in [2.24, 2.45) is 5.92 Å². The zero-order valence-corrected chi connectivity index (χ0v) is 7.19. The Balaban J connectivity index is 2.45. The average molecular weight is 174 g/mol. The van der Waals surface area contributed by atoms with Crippen LogP contribution in [0.15, 0.2) is 24.3 Å². The van der Waals surface area contributed by atoms with Gasteiger partial charge in [0, 0.05) is 5.56 Å². The molecule has 1 aromatic carbocycles. The molecule has 1 unspecified atom stereocenters. The average Bonchev–Trinajstić information content (AvgIpc) is 2.19. The van der Waals surface area contributed by atoms with Gasteiger partial charge in [-0.2, -0.15) is 0 Å². The van der Waals surface area contributed by atoms with E-state index in [1.807, 2.05) is 18.2 Å². The molecule has 2 rings (SSSR count). The zero-order valence-electron chi connectivity index (χ0n) is 7.19. The van der Waals surface area contributed by atoms with Crippen LogP contribution in [0.25, 0.3) is 0 Å². The van der Waals surface area contributed by atoms with E-state index in [2.05, 4.69) is 0 Å². The Kier molecular flexibility index (Phi) is 1.97. The minimum absolute atomic E-state index is 0.0168. The second-order valence-electron chi connectivity index (χ2n) is 3.30. The fraction of sp³-hybridized carbons (Fsp3) is 0.273. The van der Waals surface area contributed by atoms with E-state index < -0.39 is 5.92 Å². The highest BCUT2D eigenvalue weighted by Crippen LogP contribution is 2.23. The van der Waals surface area contributed by atoms with Crippen molar-refractivity contribution in [1.29, 1.82) is 0 Å². The van der Waals surface area contributed by atoms with Crippen molar-refractivity contribution < 1.29 is 9.59 Å². The first-order valence-electron chi connectivity index (χ1n) is 4.40. The monoisotopic (exact) mass is 174 g/mol. The molecule has 66 valence electrons. The molecule has 0 saturated carbocycles. The molecule has 0 amide bonds. The van der Waals surface area contributed by atoms with Gasteiger partial charge in [0.05, 0.1) is 5.92 Å². The van der Waals surface area contributed by atoms with Gasteiger partial charge in [-0.05, 0) is 18.4 Å². The number of Topliss-reactive ketones (excluding diaryl/α,β-unsaturated/α-hetero) is 1. The molecule has 1 aliphatic carbocycles. The fourth-order valence-corrected chi connectivity index (χ4v) is 1.75. The standard InChI is InChI=1S/C11H10O2/c12-7-9-6-5-8-3-1-2-4-10(8)11(9)13/h1-4,7,9H,5-6H2. The number of rotatable bonds is 1. The van der Waals surface area contributed by atoms with Crippen molar-refractivity contribution in [2.45, 2.75) is 12.8 Å². The molecule has 2 heteroatoms. The molecule has 0 fully saturated rings. The normalized spacial score (nSPS) is 20.9. The fourth-order valence-electron chi connectivity index (χ4n) is 1.75. The Morgan fingerprint density at radius 3 is 2.85 bits per heavy atom. The lowest BCUT2D eigenvalue weighted by atomic mass is 9.84. The van der Waals surface area contributed by atoms with E-state index in [1.165, 1.54) is 0 Å². The maximum Gasteiger partial charge on any atom is 0.173 e. The number of aldehydes is 1. The Morgan fingerprint density at radius 2 is 2.08 bits per heavy atom. The van der Waals surface area contributed by atoms with E-state index in [0.29, 0.717) is 6.42 Å². The summed E-state index contributed by atoms with van der Waals surface area (Å²) in [5.41, 5.74) is 1.80. The summed E-state index contributed by atoms with van der Waals surface area (Å²) in [5, 5.41) is 0. The molecule has 0 bridgehead atoms. The molecule has 0 aliphatic heterocycles. The SMILES string of the molecule is O=CC1CCc2ccccc2C1=O. The largest absolute Gasteiger partial charge is 0.303 e. The number of hydrogen-bond acceptors (Lipinski definition) is 2. The lowest BCUT2D eigenvalue weighted by Crippen LogP contribution is -2.23. The van der Waals surface area contributed by atoms with Crippen LogP contribution < -0.4 is 0 Å². The van der Waals surface area contributed by atoms with Crippen molar-refractivity contribution in [2.75, 3.05) is 0 Å². The minimum atomic E-state index is -0.408. The molecule has 1 aliphatic rings. The number of benzene rings is 1. The molecule has 0 spiro atoms. The lowest BCUT2D eigenvalue weighted by Gasteiger charge is -2.18. The summed E-state index contributed by atoms with van der Waals surface area (Å²) in [6, 6.07) is 7.51. The molecule has 0 saturated heterocycles. The van der Waals surface area contributed by atoms with Crippen LogP contribution in [0.5, 0.6) is 0 Å². The van der Waals surface area contributed by atoms with Gasteiger partial charge in [-0.25, -0.2) is 0 Å². The van der Waals surface area contributed by atoms with Crippen LogP contribution in [0, 0.1) is 5.92 Å². The molecule has 0 N–H and O–H groups in total. The quantitative estimate of drug-likeness (QED) is 0.479. The highest BCUT2D eigenvalue weighted by molar-refractivity contribution is 6.07. The van der Waals surface area contributed by atoms with Crippen molar-refractivity contribution in [1.82, 2.24) is 0 Å². The second kappa shape index (κ2) is 3.13. The van der Waals surface area contributed by atoms with E-state index in [0.717, 1.165) is 23.8 Å². The third-order valence-electron chi connectivity index (χ3n) is 2.51. The van der Waals surface area contributed by atoms with E-state index in [-0.39, 0.29) is 5.78 Å². The minimum Gasteiger partial charge on any atom is -0.303 e. The summed E-state index contributed by atoms with van der Waals surface area (Å²) >= 11 is 0. The van der Waals surface area contributed by atoms with E-state index >= 15 is 0 Å². The van der Waals surface area contributed by atoms with Gasteiger partial charge in [-0.3, -0.25) is 4.79 Å². The first kappa shape index (κ1) is 8.17. The molecule has 13 heavy (non-hydrogen) atoms. The molecule has 0 aromatic heterocycles. The third kappa shape index (κ3) is 1.28. The molecule has 0 radical (unpaired) electrons. The number of aryl methyl sites for hydroxylation is 1. The molecule has 1 aromatic rings. The van der Waals surface area contributed by atoms with Crippen molar-refractivity contribution in [3.8, 4) is 0 Å². The smallest absolute Gasteiger partial charge is 0.173 e. The summed E-state index contributed by atoms with van der Waals surface area (Å²) in [6.07, 6.45) is 2.27. The molecule has 2 nitrogen and oxygen atoms in total. The Morgan fingerprint density at radius 1 is 1.31 bits per heavy atom. The Hall–Kier alpha value is -1.44. The van der Waals surface area contributed by atoms with Crippen LogP contribution in [0.4, 0.5) is 0 Å². The summed E-state index contributed by atoms with van der Waals surface area (Å²) in [5.74, 6) is -0.424. The number of ketones is 1. The number of fused-ring (bicyclic) bond motifs is 1.